The summed E-state index contributed by atoms with van der Waals surface area (Å²) in [4.78, 5) is 8.97. The summed E-state index contributed by atoms with van der Waals surface area (Å²) >= 11 is 1.72. The van der Waals surface area contributed by atoms with Crippen LogP contribution in [-0.2, 0) is 11.8 Å². The smallest absolute Gasteiger partial charge is 0.188 e. The van der Waals surface area contributed by atoms with Crippen LogP contribution in [0, 0.1) is 0 Å². The van der Waals surface area contributed by atoms with Gasteiger partial charge >= 0.3 is 0 Å². The topological polar surface area (TPSA) is 63.3 Å². The van der Waals surface area contributed by atoms with Crippen molar-refractivity contribution in [2.45, 2.75) is 58.9 Å². The molecule has 1 unspecified atom stereocenters. The molecule has 0 saturated carbocycles. The molecule has 0 saturated heterocycles. The second kappa shape index (κ2) is 8.81. The molecule has 1 rings (SSSR count). The molecule has 0 aliphatic rings. The Balaban J connectivity index is 0.00000361. The van der Waals surface area contributed by atoms with Gasteiger partial charge in [-0.25, -0.2) is 4.98 Å². The minimum atomic E-state index is 0. The molecule has 0 fully saturated rings. The highest BCUT2D eigenvalue weighted by atomic mass is 127. The molecule has 116 valence electrons. The van der Waals surface area contributed by atoms with E-state index in [4.69, 9.17) is 5.73 Å². The highest BCUT2D eigenvalue weighted by Crippen LogP contribution is 2.25. The van der Waals surface area contributed by atoms with E-state index in [1.807, 2.05) is 0 Å². The van der Waals surface area contributed by atoms with Gasteiger partial charge in [0.15, 0.2) is 5.96 Å². The van der Waals surface area contributed by atoms with Crippen molar-refractivity contribution >= 4 is 41.3 Å². The van der Waals surface area contributed by atoms with Gasteiger partial charge in [0.05, 0.1) is 10.7 Å². The van der Waals surface area contributed by atoms with Crippen LogP contribution in [0.4, 0.5) is 0 Å². The van der Waals surface area contributed by atoms with Crippen molar-refractivity contribution in [3.8, 4) is 0 Å². The highest BCUT2D eigenvalue weighted by Gasteiger charge is 2.17. The second-order valence-corrected chi connectivity index (χ2v) is 6.72. The number of nitrogens with two attached hydrogens (primary N) is 1. The van der Waals surface area contributed by atoms with Crippen molar-refractivity contribution in [3.63, 3.8) is 0 Å². The van der Waals surface area contributed by atoms with E-state index in [0.29, 0.717) is 18.5 Å². The summed E-state index contributed by atoms with van der Waals surface area (Å²) < 4.78 is 0. The van der Waals surface area contributed by atoms with E-state index in [9.17, 15) is 0 Å². The van der Waals surface area contributed by atoms with Crippen molar-refractivity contribution in [1.82, 2.24) is 10.3 Å². The lowest BCUT2D eigenvalue weighted by Gasteiger charge is -2.13. The number of rotatable bonds is 5. The number of aromatic nitrogens is 1. The normalized spacial score (nSPS) is 13.8. The van der Waals surface area contributed by atoms with Gasteiger partial charge in [-0.2, -0.15) is 0 Å². The fourth-order valence-corrected chi connectivity index (χ4v) is 2.40. The number of halogens is 1. The molecule has 1 heterocycles. The molecule has 1 aromatic heterocycles. The number of hydrogen-bond donors (Lipinski definition) is 2. The number of aliphatic imine (C=N–C) groups is 1. The van der Waals surface area contributed by atoms with Crippen LogP contribution in [0.5, 0.6) is 0 Å². The van der Waals surface area contributed by atoms with Crippen LogP contribution >= 0.6 is 35.3 Å². The summed E-state index contributed by atoms with van der Waals surface area (Å²) in [6, 6.07) is 0.371. The van der Waals surface area contributed by atoms with Gasteiger partial charge in [0.25, 0.3) is 0 Å². The molecular weight excluding hydrogens is 383 g/mol. The Morgan fingerprint density at radius 2 is 2.15 bits per heavy atom. The summed E-state index contributed by atoms with van der Waals surface area (Å²) in [5.74, 6) is 0.528. The zero-order valence-electron chi connectivity index (χ0n) is 13.1. The van der Waals surface area contributed by atoms with Crippen LogP contribution in [0.2, 0.25) is 0 Å². The van der Waals surface area contributed by atoms with Gasteiger partial charge in [-0.1, -0.05) is 27.7 Å². The maximum absolute atomic E-state index is 5.81. The lowest BCUT2D eigenvalue weighted by Crippen LogP contribution is -2.38. The van der Waals surface area contributed by atoms with Gasteiger partial charge in [0.1, 0.15) is 0 Å². The van der Waals surface area contributed by atoms with Gasteiger partial charge in [-0.05, 0) is 13.3 Å². The predicted octanol–water partition coefficient (Wildman–Crippen LogP) is 3.30. The van der Waals surface area contributed by atoms with Crippen molar-refractivity contribution in [1.29, 1.82) is 0 Å². The molecule has 6 heteroatoms. The molecule has 4 nitrogen and oxygen atoms in total. The SMILES string of the molecule is CCC(C)NC(N)=NCCc1csc(C(C)(C)C)n1.I. The number of nitrogens with zero attached hydrogens (tertiary/aromatic N) is 2. The van der Waals surface area contributed by atoms with E-state index in [1.54, 1.807) is 11.3 Å². The van der Waals surface area contributed by atoms with E-state index in [2.05, 4.69) is 55.3 Å². The lowest BCUT2D eigenvalue weighted by atomic mass is 9.98. The van der Waals surface area contributed by atoms with Crippen molar-refractivity contribution in [3.05, 3.63) is 16.1 Å². The fourth-order valence-electron chi connectivity index (χ4n) is 1.46. The second-order valence-electron chi connectivity index (χ2n) is 5.86. The first-order valence-electron chi connectivity index (χ1n) is 6.84. The first-order valence-corrected chi connectivity index (χ1v) is 7.72. The minimum absolute atomic E-state index is 0. The number of nitrogens with one attached hydrogen (secondary N) is 1. The standard InChI is InChI=1S/C14H26N4S.HI/c1-6-10(2)17-13(15)16-8-7-11-9-19-12(18-11)14(3,4)5;/h9-10H,6-8H2,1-5H3,(H3,15,16,17);1H. The molecule has 0 aromatic carbocycles. The first kappa shape index (κ1) is 19.6. The largest absolute Gasteiger partial charge is 0.370 e. The van der Waals surface area contributed by atoms with E-state index >= 15 is 0 Å². The molecule has 3 N–H and O–H groups in total. The molecule has 0 spiro atoms. The molecule has 0 amide bonds. The van der Waals surface area contributed by atoms with Gasteiger partial charge in [-0.3, -0.25) is 4.99 Å². The summed E-state index contributed by atoms with van der Waals surface area (Å²) in [5, 5.41) is 6.45. The van der Waals surface area contributed by atoms with E-state index in [1.165, 1.54) is 5.01 Å². The van der Waals surface area contributed by atoms with Crippen LogP contribution < -0.4 is 11.1 Å². The number of hydrogen-bond acceptors (Lipinski definition) is 3. The molecule has 0 radical (unpaired) electrons. The Kier molecular flexibility index (Phi) is 8.65. The molecular formula is C14H27IN4S. The van der Waals surface area contributed by atoms with Gasteiger partial charge in [-0.15, -0.1) is 35.3 Å². The Hall–Kier alpha value is -0.370. The zero-order chi connectivity index (χ0) is 14.5. The Labute approximate surface area is 143 Å². The van der Waals surface area contributed by atoms with Gasteiger partial charge < -0.3 is 11.1 Å². The third-order valence-corrected chi connectivity index (χ3v) is 4.17. The van der Waals surface area contributed by atoms with Crippen LogP contribution in [0.15, 0.2) is 10.4 Å². The Morgan fingerprint density at radius 3 is 2.65 bits per heavy atom. The molecule has 20 heavy (non-hydrogen) atoms. The summed E-state index contributed by atoms with van der Waals surface area (Å²) in [7, 11) is 0. The predicted molar refractivity (Wildman–Crippen MR) is 99.3 cm³/mol. The molecule has 1 aromatic rings. The maximum atomic E-state index is 5.81. The van der Waals surface area contributed by atoms with Crippen molar-refractivity contribution < 1.29 is 0 Å². The fraction of sp³-hybridized carbons (Fsp3) is 0.714. The maximum Gasteiger partial charge on any atom is 0.188 e. The Bertz CT molecular complexity index is 423. The zero-order valence-corrected chi connectivity index (χ0v) is 16.2. The first-order chi connectivity index (χ1) is 8.82. The monoisotopic (exact) mass is 410 g/mol. The van der Waals surface area contributed by atoms with E-state index in [-0.39, 0.29) is 29.4 Å². The quantitative estimate of drug-likeness (QED) is 0.445. The summed E-state index contributed by atoms with van der Waals surface area (Å²) in [6.07, 6.45) is 1.88. The van der Waals surface area contributed by atoms with Crippen LogP contribution in [0.3, 0.4) is 0 Å². The van der Waals surface area contributed by atoms with Crippen molar-refractivity contribution in [2.75, 3.05) is 6.54 Å². The van der Waals surface area contributed by atoms with Crippen LogP contribution in [-0.4, -0.2) is 23.5 Å². The number of thiazole rings is 1. The average Bonchev–Trinajstić information content (AvgIpc) is 2.77. The third-order valence-electron chi connectivity index (χ3n) is 2.85. The summed E-state index contributed by atoms with van der Waals surface area (Å²) in [6.45, 7) is 11.4. The minimum Gasteiger partial charge on any atom is -0.370 e. The number of guanidine groups is 1. The molecule has 1 atom stereocenters. The lowest BCUT2D eigenvalue weighted by molar-refractivity contribution is 0.583. The molecule has 0 bridgehead atoms. The highest BCUT2D eigenvalue weighted by molar-refractivity contribution is 14.0. The molecule has 0 aliphatic carbocycles. The molecule has 0 aliphatic heterocycles. The third kappa shape index (κ3) is 6.88. The van der Waals surface area contributed by atoms with Gasteiger partial charge in [0.2, 0.25) is 0 Å². The van der Waals surface area contributed by atoms with E-state index in [0.717, 1.165) is 18.5 Å². The van der Waals surface area contributed by atoms with E-state index < -0.39 is 0 Å². The van der Waals surface area contributed by atoms with Crippen LogP contribution in [0.1, 0.15) is 51.7 Å². The summed E-state index contributed by atoms with van der Waals surface area (Å²) in [5.41, 5.74) is 7.04. The van der Waals surface area contributed by atoms with Crippen molar-refractivity contribution in [2.24, 2.45) is 10.7 Å². The van der Waals surface area contributed by atoms with Gasteiger partial charge in [0, 0.05) is 29.8 Å². The van der Waals surface area contributed by atoms with Crippen LogP contribution in [0.25, 0.3) is 0 Å². The average molecular weight is 410 g/mol. The Morgan fingerprint density at radius 1 is 1.50 bits per heavy atom.